The van der Waals surface area contributed by atoms with Gasteiger partial charge < -0.3 is 5.32 Å². The van der Waals surface area contributed by atoms with Crippen molar-refractivity contribution in [2.75, 3.05) is 0 Å². The molecule has 2 heteroatoms. The SMILES string of the molecule is Cc1cc(C)cc(CNC(C)Cc2ccc(Br)cc2)c1. The molecule has 1 atom stereocenters. The third-order valence-corrected chi connectivity index (χ3v) is 3.92. The van der Waals surface area contributed by atoms with Gasteiger partial charge in [0.05, 0.1) is 0 Å². The molecule has 0 spiro atoms. The van der Waals surface area contributed by atoms with E-state index in [1.54, 1.807) is 0 Å². The van der Waals surface area contributed by atoms with Crippen LogP contribution in [0.4, 0.5) is 0 Å². The highest BCUT2D eigenvalue weighted by Gasteiger charge is 2.04. The Morgan fingerprint density at radius 2 is 1.55 bits per heavy atom. The summed E-state index contributed by atoms with van der Waals surface area (Å²) >= 11 is 3.47. The maximum atomic E-state index is 3.60. The van der Waals surface area contributed by atoms with Gasteiger partial charge in [-0.3, -0.25) is 0 Å². The lowest BCUT2D eigenvalue weighted by atomic mass is 10.1. The van der Waals surface area contributed by atoms with Crippen molar-refractivity contribution in [2.45, 2.75) is 39.8 Å². The molecule has 0 heterocycles. The number of benzene rings is 2. The molecule has 0 saturated carbocycles. The Morgan fingerprint density at radius 3 is 2.15 bits per heavy atom. The molecule has 0 aliphatic carbocycles. The highest BCUT2D eigenvalue weighted by molar-refractivity contribution is 9.10. The normalized spacial score (nSPS) is 12.4. The van der Waals surface area contributed by atoms with E-state index in [9.17, 15) is 0 Å². The molecular formula is C18H22BrN. The van der Waals surface area contributed by atoms with Crippen molar-refractivity contribution >= 4 is 15.9 Å². The maximum Gasteiger partial charge on any atom is 0.0208 e. The zero-order chi connectivity index (χ0) is 14.5. The molecule has 2 aromatic carbocycles. The number of hydrogen-bond donors (Lipinski definition) is 1. The van der Waals surface area contributed by atoms with Crippen molar-refractivity contribution < 1.29 is 0 Å². The first kappa shape index (κ1) is 15.3. The molecule has 0 aliphatic heterocycles. The first-order valence-corrected chi connectivity index (χ1v) is 7.87. The molecule has 1 N–H and O–H groups in total. The van der Waals surface area contributed by atoms with Crippen LogP contribution >= 0.6 is 15.9 Å². The van der Waals surface area contributed by atoms with Crippen molar-refractivity contribution in [1.29, 1.82) is 0 Å². The van der Waals surface area contributed by atoms with E-state index in [-0.39, 0.29) is 0 Å². The molecule has 1 unspecified atom stereocenters. The predicted octanol–water partition coefficient (Wildman–Crippen LogP) is 4.79. The van der Waals surface area contributed by atoms with E-state index in [0.29, 0.717) is 6.04 Å². The summed E-state index contributed by atoms with van der Waals surface area (Å²) in [6.07, 6.45) is 1.05. The minimum Gasteiger partial charge on any atom is -0.310 e. The lowest BCUT2D eigenvalue weighted by Gasteiger charge is -2.15. The summed E-state index contributed by atoms with van der Waals surface area (Å²) in [7, 11) is 0. The topological polar surface area (TPSA) is 12.0 Å². The van der Waals surface area contributed by atoms with Crippen molar-refractivity contribution in [1.82, 2.24) is 5.32 Å². The number of hydrogen-bond acceptors (Lipinski definition) is 1. The van der Waals surface area contributed by atoms with Gasteiger partial charge in [-0.05, 0) is 50.5 Å². The summed E-state index contributed by atoms with van der Waals surface area (Å²) < 4.78 is 1.14. The van der Waals surface area contributed by atoms with E-state index in [1.165, 1.54) is 22.3 Å². The zero-order valence-electron chi connectivity index (χ0n) is 12.4. The van der Waals surface area contributed by atoms with E-state index in [1.807, 2.05) is 0 Å². The second kappa shape index (κ2) is 7.05. The smallest absolute Gasteiger partial charge is 0.0208 e. The van der Waals surface area contributed by atoms with Gasteiger partial charge in [0.2, 0.25) is 0 Å². The molecule has 0 amide bonds. The van der Waals surface area contributed by atoms with Crippen LogP contribution in [-0.2, 0) is 13.0 Å². The number of aryl methyl sites for hydroxylation is 2. The van der Waals surface area contributed by atoms with Crippen LogP contribution in [0.2, 0.25) is 0 Å². The van der Waals surface area contributed by atoms with E-state index >= 15 is 0 Å². The Balaban J connectivity index is 1.88. The molecule has 0 aliphatic rings. The highest BCUT2D eigenvalue weighted by Crippen LogP contribution is 2.13. The predicted molar refractivity (Wildman–Crippen MR) is 90.1 cm³/mol. The second-order valence-corrected chi connectivity index (χ2v) is 6.52. The quantitative estimate of drug-likeness (QED) is 0.830. The van der Waals surface area contributed by atoms with Gasteiger partial charge in [0.1, 0.15) is 0 Å². The van der Waals surface area contributed by atoms with Crippen molar-refractivity contribution in [3.8, 4) is 0 Å². The number of rotatable bonds is 5. The van der Waals surface area contributed by atoms with Crippen LogP contribution in [0.25, 0.3) is 0 Å². The molecule has 0 fully saturated rings. The standard InChI is InChI=1S/C18H22BrN/c1-13-8-14(2)10-17(9-13)12-20-15(3)11-16-4-6-18(19)7-5-16/h4-10,15,20H,11-12H2,1-3H3. The average Bonchev–Trinajstić information content (AvgIpc) is 2.38. The van der Waals surface area contributed by atoms with Gasteiger partial charge in [-0.15, -0.1) is 0 Å². The van der Waals surface area contributed by atoms with Crippen LogP contribution in [-0.4, -0.2) is 6.04 Å². The van der Waals surface area contributed by atoms with Gasteiger partial charge in [-0.2, -0.15) is 0 Å². The Hall–Kier alpha value is -1.12. The van der Waals surface area contributed by atoms with E-state index in [4.69, 9.17) is 0 Å². The molecule has 0 bridgehead atoms. The fourth-order valence-electron chi connectivity index (χ4n) is 2.51. The number of nitrogens with one attached hydrogen (secondary N) is 1. The largest absolute Gasteiger partial charge is 0.310 e. The summed E-state index contributed by atoms with van der Waals surface area (Å²) in [5.41, 5.74) is 5.41. The maximum absolute atomic E-state index is 3.60. The Morgan fingerprint density at radius 1 is 0.950 bits per heavy atom. The van der Waals surface area contributed by atoms with Gasteiger partial charge >= 0.3 is 0 Å². The summed E-state index contributed by atoms with van der Waals surface area (Å²) in [6.45, 7) is 7.48. The first-order chi connectivity index (χ1) is 9.52. The van der Waals surface area contributed by atoms with Gasteiger partial charge in [0.25, 0.3) is 0 Å². The van der Waals surface area contributed by atoms with Gasteiger partial charge in [-0.25, -0.2) is 0 Å². The molecule has 0 aromatic heterocycles. The fourth-order valence-corrected chi connectivity index (χ4v) is 2.77. The summed E-state index contributed by atoms with van der Waals surface area (Å²) in [6, 6.07) is 15.8. The molecule has 2 aromatic rings. The molecule has 20 heavy (non-hydrogen) atoms. The minimum absolute atomic E-state index is 0.469. The second-order valence-electron chi connectivity index (χ2n) is 5.61. The first-order valence-electron chi connectivity index (χ1n) is 7.08. The zero-order valence-corrected chi connectivity index (χ0v) is 14.0. The lowest BCUT2D eigenvalue weighted by Crippen LogP contribution is -2.27. The fraction of sp³-hybridized carbons (Fsp3) is 0.333. The van der Waals surface area contributed by atoms with Crippen LogP contribution in [0.1, 0.15) is 29.2 Å². The van der Waals surface area contributed by atoms with E-state index in [0.717, 1.165) is 17.4 Å². The summed E-state index contributed by atoms with van der Waals surface area (Å²) in [4.78, 5) is 0. The van der Waals surface area contributed by atoms with Crippen LogP contribution in [0.5, 0.6) is 0 Å². The highest BCUT2D eigenvalue weighted by atomic mass is 79.9. The van der Waals surface area contributed by atoms with Crippen LogP contribution in [0.15, 0.2) is 46.9 Å². The molecule has 106 valence electrons. The Bertz CT molecular complexity index is 540. The lowest BCUT2D eigenvalue weighted by molar-refractivity contribution is 0.545. The molecule has 2 rings (SSSR count). The van der Waals surface area contributed by atoms with Crippen molar-refractivity contribution in [3.05, 3.63) is 69.2 Å². The summed E-state index contributed by atoms with van der Waals surface area (Å²) in [5.74, 6) is 0. The molecule has 0 radical (unpaired) electrons. The minimum atomic E-state index is 0.469. The number of halogens is 1. The summed E-state index contributed by atoms with van der Waals surface area (Å²) in [5, 5.41) is 3.60. The molecule has 1 nitrogen and oxygen atoms in total. The van der Waals surface area contributed by atoms with Crippen molar-refractivity contribution in [2.24, 2.45) is 0 Å². The molecular weight excluding hydrogens is 310 g/mol. The van der Waals surface area contributed by atoms with Crippen LogP contribution in [0.3, 0.4) is 0 Å². The average molecular weight is 332 g/mol. The van der Waals surface area contributed by atoms with Crippen LogP contribution in [0, 0.1) is 13.8 Å². The van der Waals surface area contributed by atoms with Gasteiger partial charge in [0.15, 0.2) is 0 Å². The van der Waals surface area contributed by atoms with Crippen LogP contribution < -0.4 is 5.32 Å². The van der Waals surface area contributed by atoms with E-state index in [2.05, 4.69) is 84.5 Å². The van der Waals surface area contributed by atoms with E-state index < -0.39 is 0 Å². The monoisotopic (exact) mass is 331 g/mol. The molecule has 0 saturated heterocycles. The third kappa shape index (κ3) is 4.77. The Kier molecular flexibility index (Phi) is 5.38. The van der Waals surface area contributed by atoms with Gasteiger partial charge in [0, 0.05) is 17.1 Å². The Labute approximate surface area is 130 Å². The third-order valence-electron chi connectivity index (χ3n) is 3.39. The van der Waals surface area contributed by atoms with Crippen molar-refractivity contribution in [3.63, 3.8) is 0 Å². The van der Waals surface area contributed by atoms with Gasteiger partial charge in [-0.1, -0.05) is 57.4 Å².